The average molecular weight is 294 g/mol. The van der Waals surface area contributed by atoms with Gasteiger partial charge < -0.3 is 9.69 Å². The number of nitrogens with zero attached hydrogens (tertiary/aromatic N) is 1. The van der Waals surface area contributed by atoms with E-state index in [0.717, 1.165) is 36.1 Å². The van der Waals surface area contributed by atoms with Crippen LogP contribution in [-0.4, -0.2) is 35.7 Å². The van der Waals surface area contributed by atoms with Crippen molar-refractivity contribution < 1.29 is 14.9 Å². The van der Waals surface area contributed by atoms with Gasteiger partial charge in [0.05, 0.1) is 31.6 Å². The fourth-order valence-electron chi connectivity index (χ4n) is 2.50. The minimum atomic E-state index is -0.832. The number of alkyl halides is 1. The molecule has 18 heavy (non-hydrogen) atoms. The Bertz CT molecular complexity index is 415. The quantitative estimate of drug-likeness (QED) is 0.501. The maximum absolute atomic E-state index is 11.2. The van der Waals surface area contributed by atoms with Crippen molar-refractivity contribution in [2.75, 3.05) is 26.0 Å². The second kappa shape index (κ2) is 6.19. The number of likely N-dealkylation sites (N-methyl/N-ethyl adjacent to an activating group) is 1. The van der Waals surface area contributed by atoms with E-state index in [9.17, 15) is 10.4 Å². The van der Waals surface area contributed by atoms with Crippen LogP contribution >= 0.6 is 24.0 Å². The number of hydrogen-bond acceptors (Lipinski definition) is 2. The van der Waals surface area contributed by atoms with Crippen LogP contribution in [0.2, 0.25) is 0 Å². The highest BCUT2D eigenvalue weighted by Crippen LogP contribution is 2.27. The molecule has 0 radical (unpaired) electrons. The van der Waals surface area contributed by atoms with Crippen molar-refractivity contribution in [3.63, 3.8) is 0 Å². The molecule has 0 bridgehead atoms. The molecule has 0 amide bonds. The van der Waals surface area contributed by atoms with Gasteiger partial charge in [0, 0.05) is 12.5 Å². The van der Waals surface area contributed by atoms with E-state index in [4.69, 9.17) is 11.6 Å². The lowest BCUT2D eigenvalue weighted by atomic mass is 9.96. The number of hydrogen-bond donors (Lipinski definition) is 2. The standard InChI is InChI=1S/C12H18ClN2O2.ClH/c1-15(8-6-13)7-5-10-3-2-4-12(14(16)17)11(10)9-15;/h2-4,14,16H,5-9H2,1H3;1H/q+1;. The molecule has 2 N–H and O–H groups in total. The Balaban J connectivity index is 0.00000162. The lowest BCUT2D eigenvalue weighted by molar-refractivity contribution is -0.992. The minimum absolute atomic E-state index is 0. The monoisotopic (exact) mass is 293 g/mol. The summed E-state index contributed by atoms with van der Waals surface area (Å²) >= 11 is 5.82. The van der Waals surface area contributed by atoms with Crippen LogP contribution in [0.15, 0.2) is 18.2 Å². The average Bonchev–Trinajstić information content (AvgIpc) is 2.28. The van der Waals surface area contributed by atoms with E-state index in [-0.39, 0.29) is 12.4 Å². The highest BCUT2D eigenvalue weighted by molar-refractivity contribution is 6.17. The van der Waals surface area contributed by atoms with Gasteiger partial charge in [-0.3, -0.25) is 0 Å². The van der Waals surface area contributed by atoms with Gasteiger partial charge in [-0.1, -0.05) is 12.1 Å². The summed E-state index contributed by atoms with van der Waals surface area (Å²) in [5.74, 6) is 0.612. The third-order valence-electron chi connectivity index (χ3n) is 3.59. The van der Waals surface area contributed by atoms with Crippen LogP contribution in [0.1, 0.15) is 11.1 Å². The van der Waals surface area contributed by atoms with Gasteiger partial charge in [-0.2, -0.15) is 5.23 Å². The summed E-state index contributed by atoms with van der Waals surface area (Å²) in [6.45, 7) is 2.68. The van der Waals surface area contributed by atoms with Gasteiger partial charge >= 0.3 is 0 Å². The molecule has 4 nitrogen and oxygen atoms in total. The molecule has 1 heterocycles. The van der Waals surface area contributed by atoms with Gasteiger partial charge in [-0.15, -0.1) is 24.0 Å². The first-order valence-corrected chi connectivity index (χ1v) is 6.33. The fraction of sp³-hybridized carbons (Fsp3) is 0.500. The normalized spacial score (nSPS) is 24.0. The topological polar surface area (TPSA) is 47.7 Å². The molecular weight excluding hydrogens is 275 g/mol. The van der Waals surface area contributed by atoms with E-state index >= 15 is 0 Å². The maximum Gasteiger partial charge on any atom is 0.172 e. The number of halogens is 2. The van der Waals surface area contributed by atoms with Gasteiger partial charge in [0.25, 0.3) is 0 Å². The SMILES string of the molecule is C[N+]1(CCCl)CCc2cccc([NH+]([O-])O)c2C1.Cl. The number of benzene rings is 1. The molecule has 0 aromatic heterocycles. The molecule has 2 atom stereocenters. The summed E-state index contributed by atoms with van der Waals surface area (Å²) in [5.41, 5.74) is 2.61. The van der Waals surface area contributed by atoms with Crippen molar-refractivity contribution in [3.8, 4) is 0 Å². The van der Waals surface area contributed by atoms with Crippen LogP contribution in [0.5, 0.6) is 0 Å². The van der Waals surface area contributed by atoms with Crippen molar-refractivity contribution in [3.05, 3.63) is 34.5 Å². The summed E-state index contributed by atoms with van der Waals surface area (Å²) in [6.07, 6.45) is 0.934. The molecule has 0 fully saturated rings. The molecule has 102 valence electrons. The molecular formula is C12H19Cl2N2O2+. The first kappa shape index (κ1) is 15.7. The van der Waals surface area contributed by atoms with Gasteiger partial charge in [0.1, 0.15) is 6.54 Å². The van der Waals surface area contributed by atoms with Gasteiger partial charge in [0.2, 0.25) is 0 Å². The second-order valence-electron chi connectivity index (χ2n) is 4.91. The smallest absolute Gasteiger partial charge is 0.172 e. The summed E-state index contributed by atoms with van der Waals surface area (Å²) in [5, 5.41) is 19.6. The summed E-state index contributed by atoms with van der Waals surface area (Å²) in [7, 11) is 2.14. The third kappa shape index (κ3) is 3.15. The largest absolute Gasteiger partial charge is 0.595 e. The van der Waals surface area contributed by atoms with E-state index < -0.39 is 5.23 Å². The molecule has 2 unspecified atom stereocenters. The van der Waals surface area contributed by atoms with Crippen LogP contribution in [0.3, 0.4) is 0 Å². The van der Waals surface area contributed by atoms with Crippen molar-refractivity contribution >= 4 is 29.7 Å². The van der Waals surface area contributed by atoms with Crippen LogP contribution in [-0.2, 0) is 13.0 Å². The molecule has 0 spiro atoms. The lowest BCUT2D eigenvalue weighted by Gasteiger charge is -2.38. The van der Waals surface area contributed by atoms with E-state index in [1.807, 2.05) is 12.1 Å². The van der Waals surface area contributed by atoms with E-state index in [1.54, 1.807) is 6.07 Å². The highest BCUT2D eigenvalue weighted by Gasteiger charge is 2.31. The minimum Gasteiger partial charge on any atom is -0.595 e. The first-order chi connectivity index (χ1) is 8.06. The molecule has 6 heteroatoms. The Morgan fingerprint density at radius 2 is 2.22 bits per heavy atom. The zero-order valence-electron chi connectivity index (χ0n) is 10.4. The third-order valence-corrected chi connectivity index (χ3v) is 3.76. The molecule has 2 rings (SSSR count). The molecule has 0 aliphatic carbocycles. The van der Waals surface area contributed by atoms with E-state index in [0.29, 0.717) is 11.6 Å². The summed E-state index contributed by atoms with van der Waals surface area (Å²) in [4.78, 5) is 0. The van der Waals surface area contributed by atoms with Crippen molar-refractivity contribution in [1.29, 1.82) is 0 Å². The molecule has 1 aliphatic heterocycles. The Kier molecular flexibility index (Phi) is 5.40. The number of quaternary nitrogens is 2. The highest BCUT2D eigenvalue weighted by atomic mass is 35.5. The van der Waals surface area contributed by atoms with Crippen molar-refractivity contribution in [2.45, 2.75) is 13.0 Å². The first-order valence-electron chi connectivity index (χ1n) is 5.79. The van der Waals surface area contributed by atoms with Crippen LogP contribution in [0, 0.1) is 5.21 Å². The number of rotatable bonds is 3. The Morgan fingerprint density at radius 3 is 2.83 bits per heavy atom. The number of fused-ring (bicyclic) bond motifs is 1. The van der Waals surface area contributed by atoms with E-state index in [2.05, 4.69) is 7.05 Å². The predicted octanol–water partition coefficient (Wildman–Crippen LogP) is 1.25. The predicted molar refractivity (Wildman–Crippen MR) is 73.5 cm³/mol. The Morgan fingerprint density at radius 1 is 1.50 bits per heavy atom. The zero-order chi connectivity index (χ0) is 12.5. The fourth-order valence-corrected chi connectivity index (χ4v) is 2.91. The summed E-state index contributed by atoms with van der Waals surface area (Å²) in [6, 6.07) is 5.56. The second-order valence-corrected chi connectivity index (χ2v) is 5.29. The summed E-state index contributed by atoms with van der Waals surface area (Å²) < 4.78 is 0.834. The van der Waals surface area contributed by atoms with Gasteiger partial charge in [-0.05, 0) is 5.56 Å². The number of nitrogens with one attached hydrogen (secondary N) is 1. The van der Waals surface area contributed by atoms with Crippen LogP contribution in [0.4, 0.5) is 5.69 Å². The molecule has 1 aliphatic rings. The molecule has 1 aromatic rings. The Labute approximate surface area is 118 Å². The molecule has 0 saturated carbocycles. The van der Waals surface area contributed by atoms with E-state index in [1.165, 1.54) is 5.56 Å². The van der Waals surface area contributed by atoms with Crippen molar-refractivity contribution in [1.82, 2.24) is 0 Å². The zero-order valence-corrected chi connectivity index (χ0v) is 11.9. The lowest BCUT2D eigenvalue weighted by Crippen LogP contribution is -2.99. The van der Waals surface area contributed by atoms with Crippen molar-refractivity contribution in [2.24, 2.45) is 0 Å². The molecule has 0 saturated heterocycles. The van der Waals surface area contributed by atoms with Gasteiger partial charge in [0.15, 0.2) is 5.69 Å². The van der Waals surface area contributed by atoms with Crippen LogP contribution in [0.25, 0.3) is 0 Å². The molecule has 1 aromatic carbocycles. The van der Waals surface area contributed by atoms with Gasteiger partial charge in [-0.25, -0.2) is 5.21 Å². The maximum atomic E-state index is 11.2. The Hall–Kier alpha value is -0.360. The van der Waals surface area contributed by atoms with Crippen LogP contribution < -0.4 is 5.23 Å².